The summed E-state index contributed by atoms with van der Waals surface area (Å²) in [5, 5.41) is 0.659. The molecular weight excluding hydrogens is 276 g/mol. The number of rotatable bonds is 3. The first kappa shape index (κ1) is 12.7. The Balaban J connectivity index is 2.00. The fraction of sp³-hybridized carbons (Fsp3) is 0.143. The Morgan fingerprint density at radius 3 is 2.85 bits per heavy atom. The molecular formula is C14H13ClN4O. The number of halogens is 1. The molecule has 102 valence electrons. The molecule has 0 saturated carbocycles. The summed E-state index contributed by atoms with van der Waals surface area (Å²) in [6, 6.07) is 9.28. The summed E-state index contributed by atoms with van der Waals surface area (Å²) in [6.45, 7) is 0.583. The molecule has 2 N–H and O–H groups in total. The Bertz CT molecular complexity index is 752. The summed E-state index contributed by atoms with van der Waals surface area (Å²) in [6.07, 6.45) is 1.76. The lowest BCUT2D eigenvalue weighted by atomic mass is 10.2. The van der Waals surface area contributed by atoms with Crippen molar-refractivity contribution in [2.24, 2.45) is 0 Å². The van der Waals surface area contributed by atoms with E-state index in [1.807, 2.05) is 28.8 Å². The number of nitrogens with zero attached hydrogens (tertiary/aromatic N) is 3. The fourth-order valence-corrected chi connectivity index (χ4v) is 2.25. The van der Waals surface area contributed by atoms with Crippen LogP contribution < -0.4 is 10.5 Å². The van der Waals surface area contributed by atoms with Crippen molar-refractivity contribution in [3.8, 4) is 5.88 Å². The molecule has 0 aliphatic heterocycles. The lowest BCUT2D eigenvalue weighted by Crippen LogP contribution is -2.05. The Morgan fingerprint density at radius 1 is 1.30 bits per heavy atom. The van der Waals surface area contributed by atoms with Gasteiger partial charge in [-0.15, -0.1) is 0 Å². The van der Waals surface area contributed by atoms with E-state index in [2.05, 4.69) is 9.97 Å². The highest BCUT2D eigenvalue weighted by Gasteiger charge is 2.09. The topological polar surface area (TPSA) is 66.0 Å². The number of benzene rings is 1. The number of aromatic nitrogens is 3. The van der Waals surface area contributed by atoms with Crippen molar-refractivity contribution >= 4 is 28.6 Å². The van der Waals surface area contributed by atoms with Gasteiger partial charge < -0.3 is 15.0 Å². The predicted octanol–water partition coefficient (Wildman–Crippen LogP) is 2.72. The molecule has 5 nitrogen and oxygen atoms in total. The number of nitrogen functional groups attached to an aromatic ring is 1. The van der Waals surface area contributed by atoms with Crippen LogP contribution in [0.15, 0.2) is 36.5 Å². The van der Waals surface area contributed by atoms with Crippen LogP contribution in [0.1, 0.15) is 5.56 Å². The van der Waals surface area contributed by atoms with E-state index in [1.54, 1.807) is 19.4 Å². The second kappa shape index (κ2) is 5.02. The number of hydrogen-bond acceptors (Lipinski definition) is 4. The molecule has 0 aliphatic carbocycles. The largest absolute Gasteiger partial charge is 0.481 e. The Morgan fingerprint density at radius 2 is 2.15 bits per heavy atom. The van der Waals surface area contributed by atoms with E-state index in [1.165, 1.54) is 0 Å². The van der Waals surface area contributed by atoms with Crippen molar-refractivity contribution in [1.82, 2.24) is 14.5 Å². The predicted molar refractivity (Wildman–Crippen MR) is 79.0 cm³/mol. The molecule has 3 aromatic rings. The molecule has 0 fully saturated rings. The normalized spacial score (nSPS) is 10.9. The highest BCUT2D eigenvalue weighted by molar-refractivity contribution is 6.31. The summed E-state index contributed by atoms with van der Waals surface area (Å²) >= 11 is 6.03. The molecule has 20 heavy (non-hydrogen) atoms. The van der Waals surface area contributed by atoms with Gasteiger partial charge in [-0.1, -0.05) is 17.7 Å². The van der Waals surface area contributed by atoms with Gasteiger partial charge in [-0.05, 0) is 23.8 Å². The van der Waals surface area contributed by atoms with Gasteiger partial charge in [0.2, 0.25) is 11.8 Å². The van der Waals surface area contributed by atoms with Gasteiger partial charge in [0.25, 0.3) is 0 Å². The van der Waals surface area contributed by atoms with Gasteiger partial charge in [-0.2, -0.15) is 0 Å². The van der Waals surface area contributed by atoms with Crippen molar-refractivity contribution in [2.75, 3.05) is 12.8 Å². The standard InChI is InChI=1S/C14H13ClN4O/c1-20-13-5-2-9(7-17-13)8-19-12-6-10(15)3-4-11(12)18-14(19)16/h2-7H,8H2,1H3,(H2,16,18). The summed E-state index contributed by atoms with van der Waals surface area (Å²) < 4.78 is 6.95. The van der Waals surface area contributed by atoms with Crippen LogP contribution in [0.2, 0.25) is 5.02 Å². The number of anilines is 1. The zero-order chi connectivity index (χ0) is 14.1. The maximum absolute atomic E-state index is 6.03. The number of fused-ring (bicyclic) bond motifs is 1. The Hall–Kier alpha value is -2.27. The average Bonchev–Trinajstić information content (AvgIpc) is 2.76. The lowest BCUT2D eigenvalue weighted by Gasteiger charge is -2.07. The van der Waals surface area contributed by atoms with E-state index < -0.39 is 0 Å². The molecule has 0 unspecified atom stereocenters. The Labute approximate surface area is 121 Å². The number of hydrogen-bond donors (Lipinski definition) is 1. The number of imidazole rings is 1. The molecule has 1 aromatic carbocycles. The lowest BCUT2D eigenvalue weighted by molar-refractivity contribution is 0.397. The molecule has 0 saturated heterocycles. The van der Waals surface area contributed by atoms with E-state index in [9.17, 15) is 0 Å². The van der Waals surface area contributed by atoms with E-state index in [-0.39, 0.29) is 0 Å². The van der Waals surface area contributed by atoms with Gasteiger partial charge in [-0.3, -0.25) is 0 Å². The molecule has 0 atom stereocenters. The molecule has 3 rings (SSSR count). The van der Waals surface area contributed by atoms with E-state index in [0.717, 1.165) is 16.6 Å². The number of nitrogens with two attached hydrogens (primary N) is 1. The molecule has 0 aliphatic rings. The minimum absolute atomic E-state index is 0.457. The quantitative estimate of drug-likeness (QED) is 0.805. The minimum atomic E-state index is 0.457. The molecule has 2 heterocycles. The van der Waals surface area contributed by atoms with Gasteiger partial charge in [0.05, 0.1) is 24.7 Å². The second-order valence-electron chi connectivity index (χ2n) is 4.40. The maximum Gasteiger partial charge on any atom is 0.212 e. The highest BCUT2D eigenvalue weighted by atomic mass is 35.5. The van der Waals surface area contributed by atoms with Crippen LogP contribution in [0, 0.1) is 0 Å². The highest BCUT2D eigenvalue weighted by Crippen LogP contribution is 2.23. The number of methoxy groups -OCH3 is 1. The second-order valence-corrected chi connectivity index (χ2v) is 4.83. The van der Waals surface area contributed by atoms with Crippen molar-refractivity contribution < 1.29 is 4.74 Å². The molecule has 2 aromatic heterocycles. The van der Waals surface area contributed by atoms with Gasteiger partial charge in [0.1, 0.15) is 0 Å². The van der Waals surface area contributed by atoms with Crippen LogP contribution in [0.5, 0.6) is 5.88 Å². The van der Waals surface area contributed by atoms with Gasteiger partial charge in [0, 0.05) is 17.3 Å². The smallest absolute Gasteiger partial charge is 0.212 e. The monoisotopic (exact) mass is 288 g/mol. The molecule has 0 amide bonds. The van der Waals surface area contributed by atoms with Gasteiger partial charge in [-0.25, -0.2) is 9.97 Å². The van der Waals surface area contributed by atoms with Gasteiger partial charge >= 0.3 is 0 Å². The average molecular weight is 289 g/mol. The van der Waals surface area contributed by atoms with Crippen LogP contribution in [0.4, 0.5) is 5.95 Å². The first-order valence-corrected chi connectivity index (χ1v) is 6.45. The summed E-state index contributed by atoms with van der Waals surface area (Å²) in [4.78, 5) is 8.50. The van der Waals surface area contributed by atoms with E-state index in [0.29, 0.717) is 23.4 Å². The number of ether oxygens (including phenoxy) is 1. The van der Waals surface area contributed by atoms with Crippen molar-refractivity contribution in [2.45, 2.75) is 6.54 Å². The minimum Gasteiger partial charge on any atom is -0.481 e. The van der Waals surface area contributed by atoms with Crippen molar-refractivity contribution in [1.29, 1.82) is 0 Å². The third-order valence-corrected chi connectivity index (χ3v) is 3.32. The van der Waals surface area contributed by atoms with Crippen molar-refractivity contribution in [3.05, 3.63) is 47.1 Å². The first-order valence-electron chi connectivity index (χ1n) is 6.07. The zero-order valence-corrected chi connectivity index (χ0v) is 11.6. The van der Waals surface area contributed by atoms with Crippen LogP contribution >= 0.6 is 11.6 Å². The van der Waals surface area contributed by atoms with Gasteiger partial charge in [0.15, 0.2) is 0 Å². The molecule has 6 heteroatoms. The van der Waals surface area contributed by atoms with Crippen LogP contribution in [0.3, 0.4) is 0 Å². The Kier molecular flexibility index (Phi) is 3.20. The molecule has 0 radical (unpaired) electrons. The third-order valence-electron chi connectivity index (χ3n) is 3.09. The van der Waals surface area contributed by atoms with E-state index in [4.69, 9.17) is 22.1 Å². The fourth-order valence-electron chi connectivity index (χ4n) is 2.09. The first-order chi connectivity index (χ1) is 9.67. The van der Waals surface area contributed by atoms with Crippen molar-refractivity contribution in [3.63, 3.8) is 0 Å². The molecule has 0 bridgehead atoms. The van der Waals surface area contributed by atoms with E-state index >= 15 is 0 Å². The summed E-state index contributed by atoms with van der Waals surface area (Å²) in [5.41, 5.74) is 8.72. The SMILES string of the molecule is COc1ccc(Cn2c(N)nc3ccc(Cl)cc32)cn1. The third kappa shape index (κ3) is 2.28. The maximum atomic E-state index is 6.03. The number of pyridine rings is 1. The summed E-state index contributed by atoms with van der Waals surface area (Å²) in [7, 11) is 1.59. The van der Waals surface area contributed by atoms with Crippen LogP contribution in [-0.4, -0.2) is 21.6 Å². The molecule has 0 spiro atoms. The van der Waals surface area contributed by atoms with Crippen LogP contribution in [0.25, 0.3) is 11.0 Å². The van der Waals surface area contributed by atoms with Crippen LogP contribution in [-0.2, 0) is 6.54 Å². The summed E-state index contributed by atoms with van der Waals surface area (Å²) in [5.74, 6) is 1.04. The zero-order valence-electron chi connectivity index (χ0n) is 10.9.